The van der Waals surface area contributed by atoms with Gasteiger partial charge in [-0.3, -0.25) is 4.79 Å². The van der Waals surface area contributed by atoms with Gasteiger partial charge in [0.2, 0.25) is 0 Å². The summed E-state index contributed by atoms with van der Waals surface area (Å²) < 4.78 is 0. The maximum Gasteiger partial charge on any atom is 0.337 e. The number of hydrogen-bond acceptors (Lipinski definition) is 7. The highest BCUT2D eigenvalue weighted by atomic mass is 16.4. The zero-order chi connectivity index (χ0) is 25.0. The van der Waals surface area contributed by atoms with Gasteiger partial charge < -0.3 is 25.3 Å². The number of amides is 1. The van der Waals surface area contributed by atoms with E-state index in [1.807, 2.05) is 12.1 Å². The fourth-order valence-corrected chi connectivity index (χ4v) is 7.36. The fraction of sp³-hybridized carbons (Fsp3) is 0.556. The molecule has 4 saturated carbocycles. The molecule has 4 bridgehead atoms. The molecule has 0 aromatic carbocycles. The van der Waals surface area contributed by atoms with E-state index in [0.29, 0.717) is 36.5 Å². The highest BCUT2D eigenvalue weighted by molar-refractivity contribution is 5.93. The molecule has 2 aromatic heterocycles. The summed E-state index contributed by atoms with van der Waals surface area (Å²) in [5.41, 5.74) is 0.0944. The number of carboxylic acid groups (broad SMARTS) is 1. The highest BCUT2D eigenvalue weighted by Crippen LogP contribution is 2.55. The lowest BCUT2D eigenvalue weighted by Gasteiger charge is -2.58. The Bertz CT molecular complexity index is 1160. The molecule has 3 heterocycles. The Balaban J connectivity index is 1.11. The predicted octanol–water partition coefficient (Wildman–Crippen LogP) is 2.56. The van der Waals surface area contributed by atoms with E-state index in [2.05, 4.69) is 27.0 Å². The molecular weight excluding hydrogens is 458 g/mol. The van der Waals surface area contributed by atoms with Crippen molar-refractivity contribution in [2.75, 3.05) is 29.4 Å². The number of pyridine rings is 2. The number of anilines is 2. The van der Waals surface area contributed by atoms with E-state index >= 15 is 0 Å². The Morgan fingerprint density at radius 3 is 2.47 bits per heavy atom. The number of nitrogens with one attached hydrogen (secondary N) is 1. The van der Waals surface area contributed by atoms with Crippen LogP contribution < -0.4 is 15.1 Å². The first-order valence-corrected chi connectivity index (χ1v) is 13.0. The number of nitrogens with zero attached hydrogens (tertiary/aromatic N) is 4. The average Bonchev–Trinajstić information content (AvgIpc) is 2.85. The summed E-state index contributed by atoms with van der Waals surface area (Å²) in [6.07, 6.45) is 6.13. The van der Waals surface area contributed by atoms with Crippen LogP contribution in [0.5, 0.6) is 0 Å². The Morgan fingerprint density at radius 1 is 1.06 bits per heavy atom. The van der Waals surface area contributed by atoms with Crippen molar-refractivity contribution in [3.63, 3.8) is 0 Å². The van der Waals surface area contributed by atoms with Crippen molar-refractivity contribution in [2.45, 2.75) is 56.7 Å². The molecule has 4 aliphatic carbocycles. The molecule has 5 aliphatic rings. The van der Waals surface area contributed by atoms with Crippen LogP contribution in [0, 0.1) is 17.8 Å². The normalized spacial score (nSPS) is 33.0. The molecule has 9 heteroatoms. The molecule has 1 amide bonds. The van der Waals surface area contributed by atoms with Crippen LogP contribution in [0.1, 0.15) is 59.9 Å². The Kier molecular flexibility index (Phi) is 5.63. The molecule has 0 radical (unpaired) electrons. The van der Waals surface area contributed by atoms with Crippen LogP contribution in [-0.2, 0) is 0 Å². The van der Waals surface area contributed by atoms with Gasteiger partial charge in [0.15, 0.2) is 0 Å². The smallest absolute Gasteiger partial charge is 0.337 e. The zero-order valence-corrected chi connectivity index (χ0v) is 20.5. The van der Waals surface area contributed by atoms with E-state index in [1.54, 1.807) is 18.2 Å². The predicted molar refractivity (Wildman–Crippen MR) is 134 cm³/mol. The average molecular weight is 492 g/mol. The number of carbonyl (C=O) groups excluding carboxylic acids is 1. The van der Waals surface area contributed by atoms with Crippen LogP contribution in [0.4, 0.5) is 11.6 Å². The number of aromatic carboxylic acids is 1. The van der Waals surface area contributed by atoms with Crippen LogP contribution >= 0.6 is 0 Å². The Labute approximate surface area is 210 Å². The molecule has 9 nitrogen and oxygen atoms in total. The summed E-state index contributed by atoms with van der Waals surface area (Å²) in [5, 5.41) is 23.2. The molecule has 1 saturated heterocycles. The number of aliphatic hydroxyl groups is 1. The van der Waals surface area contributed by atoms with Crippen molar-refractivity contribution in [3.8, 4) is 0 Å². The first kappa shape index (κ1) is 23.2. The lowest BCUT2D eigenvalue weighted by Crippen LogP contribution is -2.61. The van der Waals surface area contributed by atoms with Gasteiger partial charge >= 0.3 is 5.97 Å². The van der Waals surface area contributed by atoms with Gasteiger partial charge in [0.05, 0.1) is 11.2 Å². The second kappa shape index (κ2) is 8.73. The Morgan fingerprint density at radius 2 is 1.83 bits per heavy atom. The third-order valence-electron chi connectivity index (χ3n) is 8.75. The summed E-state index contributed by atoms with van der Waals surface area (Å²) in [4.78, 5) is 37.7. The van der Waals surface area contributed by atoms with Crippen molar-refractivity contribution in [3.05, 3.63) is 47.8 Å². The molecule has 190 valence electrons. The van der Waals surface area contributed by atoms with Gasteiger partial charge in [-0.15, -0.1) is 0 Å². The molecule has 36 heavy (non-hydrogen) atoms. The van der Waals surface area contributed by atoms with E-state index in [9.17, 15) is 14.7 Å². The number of carboxylic acids is 1. The topological polar surface area (TPSA) is 119 Å². The van der Waals surface area contributed by atoms with Gasteiger partial charge in [-0.2, -0.15) is 0 Å². The van der Waals surface area contributed by atoms with Crippen molar-refractivity contribution in [2.24, 2.45) is 17.8 Å². The number of rotatable bonds is 5. The van der Waals surface area contributed by atoms with E-state index in [1.165, 1.54) is 6.20 Å². The number of hydrogen-bond donors (Lipinski definition) is 3. The minimum atomic E-state index is -0.983. The largest absolute Gasteiger partial charge is 0.478 e. The van der Waals surface area contributed by atoms with Crippen molar-refractivity contribution in [1.82, 2.24) is 15.3 Å². The fourth-order valence-electron chi connectivity index (χ4n) is 7.36. The van der Waals surface area contributed by atoms with Crippen LogP contribution in [-0.4, -0.2) is 69.4 Å². The van der Waals surface area contributed by atoms with E-state index in [4.69, 9.17) is 10.1 Å². The molecule has 1 aliphatic heterocycles. The minimum Gasteiger partial charge on any atom is -0.478 e. The summed E-state index contributed by atoms with van der Waals surface area (Å²) in [6, 6.07) is 9.20. The first-order valence-electron chi connectivity index (χ1n) is 13.0. The molecule has 7 rings (SSSR count). The SMILES string of the molecule is C[C@@H]1CN(c2ccc(C(=O)O)cn2)CCN1c1cccc(C(=O)N[C@H]2C3CC4CC2C[C@](O)(C4)C3)n1. The monoisotopic (exact) mass is 491 g/mol. The lowest BCUT2D eigenvalue weighted by atomic mass is 9.52. The number of aromatic nitrogens is 2. The van der Waals surface area contributed by atoms with Crippen molar-refractivity contribution >= 4 is 23.5 Å². The second-order valence-corrected chi connectivity index (χ2v) is 11.3. The molecule has 2 unspecified atom stereocenters. The summed E-state index contributed by atoms with van der Waals surface area (Å²) in [7, 11) is 0. The standard InChI is InChI=1S/C27H33N5O4/c1-16-15-31(22-6-5-18(14-28-22)26(34)35)7-8-32(16)23-4-2-3-21(29-23)25(33)30-24-19-9-17-10-20(24)13-27(36,11-17)12-19/h2-6,14,16-17,19-20,24,36H,7-13,15H2,1H3,(H,30,33)(H,34,35)/t16-,17?,19?,20?,24-,27-/m1/s1. The Hall–Kier alpha value is -3.20. The van der Waals surface area contributed by atoms with Crippen LogP contribution in [0.15, 0.2) is 36.5 Å². The van der Waals surface area contributed by atoms with E-state index in [-0.39, 0.29) is 23.6 Å². The third kappa shape index (κ3) is 4.19. The minimum absolute atomic E-state index is 0.127. The first-order chi connectivity index (χ1) is 17.3. The van der Waals surface area contributed by atoms with Crippen LogP contribution in [0.2, 0.25) is 0 Å². The summed E-state index contributed by atoms with van der Waals surface area (Å²) in [6.45, 7) is 4.27. The molecule has 2 aromatic rings. The molecule has 3 atom stereocenters. The van der Waals surface area contributed by atoms with Crippen LogP contribution in [0.3, 0.4) is 0 Å². The lowest BCUT2D eigenvalue weighted by molar-refractivity contribution is -0.136. The third-order valence-corrected chi connectivity index (χ3v) is 8.75. The second-order valence-electron chi connectivity index (χ2n) is 11.3. The maximum absolute atomic E-state index is 13.2. The highest BCUT2D eigenvalue weighted by Gasteiger charge is 2.55. The van der Waals surface area contributed by atoms with Gasteiger partial charge in [0, 0.05) is 37.9 Å². The molecule has 5 fully saturated rings. The van der Waals surface area contributed by atoms with Crippen molar-refractivity contribution in [1.29, 1.82) is 0 Å². The van der Waals surface area contributed by atoms with Gasteiger partial charge in [0.25, 0.3) is 5.91 Å². The summed E-state index contributed by atoms with van der Waals surface area (Å²) >= 11 is 0. The van der Waals surface area contributed by atoms with Gasteiger partial charge in [0.1, 0.15) is 17.3 Å². The molecule has 0 spiro atoms. The van der Waals surface area contributed by atoms with Gasteiger partial charge in [-0.05, 0) is 81.0 Å². The summed E-state index contributed by atoms with van der Waals surface area (Å²) in [5.74, 6) is 1.75. The van der Waals surface area contributed by atoms with Crippen molar-refractivity contribution < 1.29 is 19.8 Å². The maximum atomic E-state index is 13.2. The number of carbonyl (C=O) groups is 2. The number of piperazine rings is 1. The van der Waals surface area contributed by atoms with E-state index in [0.717, 1.165) is 50.3 Å². The molecular formula is C27H33N5O4. The van der Waals surface area contributed by atoms with Gasteiger partial charge in [-0.1, -0.05) is 6.07 Å². The molecule has 3 N–H and O–H groups in total. The van der Waals surface area contributed by atoms with Crippen LogP contribution in [0.25, 0.3) is 0 Å². The van der Waals surface area contributed by atoms with E-state index < -0.39 is 11.6 Å². The zero-order valence-electron chi connectivity index (χ0n) is 20.5. The quantitative estimate of drug-likeness (QED) is 0.584. The van der Waals surface area contributed by atoms with Gasteiger partial charge in [-0.25, -0.2) is 14.8 Å².